The highest BCUT2D eigenvalue weighted by atomic mass is 16.4. The number of carboxylic acids is 1. The standard InChI is InChI=1S/C13H25NO2/c1-11(2)10-14(12-7-8-12)9-5-3-4-6-13(15)16/h11-12H,3-10H2,1-2H3,(H,15,16). The van der Waals surface area contributed by atoms with E-state index in [0.717, 1.165) is 37.8 Å². The molecule has 0 unspecified atom stereocenters. The van der Waals surface area contributed by atoms with Crippen molar-refractivity contribution in [2.75, 3.05) is 13.1 Å². The second-order valence-electron chi connectivity index (χ2n) is 5.32. The SMILES string of the molecule is CC(C)CN(CCCCCC(=O)O)C1CC1. The van der Waals surface area contributed by atoms with Crippen molar-refractivity contribution in [2.24, 2.45) is 5.92 Å². The Kier molecular flexibility index (Phi) is 5.81. The van der Waals surface area contributed by atoms with Crippen molar-refractivity contribution >= 4 is 5.97 Å². The van der Waals surface area contributed by atoms with E-state index >= 15 is 0 Å². The minimum Gasteiger partial charge on any atom is -0.481 e. The molecule has 94 valence electrons. The maximum Gasteiger partial charge on any atom is 0.303 e. The number of hydrogen-bond donors (Lipinski definition) is 1. The Hall–Kier alpha value is -0.570. The van der Waals surface area contributed by atoms with Crippen LogP contribution in [0, 0.1) is 5.92 Å². The van der Waals surface area contributed by atoms with Crippen molar-refractivity contribution in [1.82, 2.24) is 4.90 Å². The van der Waals surface area contributed by atoms with Gasteiger partial charge in [-0.15, -0.1) is 0 Å². The fourth-order valence-corrected chi connectivity index (χ4v) is 2.10. The van der Waals surface area contributed by atoms with Gasteiger partial charge in [0.1, 0.15) is 0 Å². The number of aliphatic carboxylic acids is 1. The van der Waals surface area contributed by atoms with Crippen molar-refractivity contribution in [1.29, 1.82) is 0 Å². The second-order valence-corrected chi connectivity index (χ2v) is 5.32. The van der Waals surface area contributed by atoms with Crippen molar-refractivity contribution < 1.29 is 9.90 Å². The van der Waals surface area contributed by atoms with Gasteiger partial charge in [0.25, 0.3) is 0 Å². The Morgan fingerprint density at radius 3 is 2.50 bits per heavy atom. The molecule has 0 aromatic carbocycles. The number of unbranched alkanes of at least 4 members (excludes halogenated alkanes) is 2. The topological polar surface area (TPSA) is 40.5 Å². The maximum absolute atomic E-state index is 10.3. The van der Waals surface area contributed by atoms with Gasteiger partial charge in [-0.3, -0.25) is 4.79 Å². The van der Waals surface area contributed by atoms with E-state index in [2.05, 4.69) is 18.7 Å². The monoisotopic (exact) mass is 227 g/mol. The van der Waals surface area contributed by atoms with E-state index in [4.69, 9.17) is 5.11 Å². The molecule has 0 spiro atoms. The summed E-state index contributed by atoms with van der Waals surface area (Å²) < 4.78 is 0. The van der Waals surface area contributed by atoms with Crippen LogP contribution in [0.25, 0.3) is 0 Å². The molecule has 0 amide bonds. The molecular formula is C13H25NO2. The van der Waals surface area contributed by atoms with Crippen LogP contribution in [0.5, 0.6) is 0 Å². The summed E-state index contributed by atoms with van der Waals surface area (Å²) in [6.45, 7) is 6.88. The summed E-state index contributed by atoms with van der Waals surface area (Å²) in [4.78, 5) is 12.9. The normalized spacial score (nSPS) is 16.0. The van der Waals surface area contributed by atoms with Crippen LogP contribution in [0.1, 0.15) is 52.4 Å². The van der Waals surface area contributed by atoms with Gasteiger partial charge < -0.3 is 10.0 Å². The summed E-state index contributed by atoms with van der Waals surface area (Å²) >= 11 is 0. The first kappa shape index (κ1) is 13.5. The number of carboxylic acid groups (broad SMARTS) is 1. The number of hydrogen-bond acceptors (Lipinski definition) is 2. The lowest BCUT2D eigenvalue weighted by molar-refractivity contribution is -0.137. The first-order chi connectivity index (χ1) is 7.59. The molecule has 1 aliphatic carbocycles. The molecule has 16 heavy (non-hydrogen) atoms. The van der Waals surface area contributed by atoms with Gasteiger partial charge in [0.2, 0.25) is 0 Å². The zero-order valence-corrected chi connectivity index (χ0v) is 10.6. The van der Waals surface area contributed by atoms with Gasteiger partial charge in [-0.05, 0) is 38.1 Å². The Balaban J connectivity index is 2.05. The first-order valence-corrected chi connectivity index (χ1v) is 6.55. The largest absolute Gasteiger partial charge is 0.481 e. The molecule has 0 heterocycles. The summed E-state index contributed by atoms with van der Waals surface area (Å²) in [5, 5.41) is 8.53. The number of rotatable bonds is 9. The summed E-state index contributed by atoms with van der Waals surface area (Å²) in [5.74, 6) is 0.0702. The average molecular weight is 227 g/mol. The number of nitrogens with zero attached hydrogens (tertiary/aromatic N) is 1. The Morgan fingerprint density at radius 1 is 1.31 bits per heavy atom. The molecule has 1 saturated carbocycles. The zero-order valence-electron chi connectivity index (χ0n) is 10.6. The second kappa shape index (κ2) is 6.89. The molecule has 3 nitrogen and oxygen atoms in total. The summed E-state index contributed by atoms with van der Waals surface area (Å²) in [5.41, 5.74) is 0. The summed E-state index contributed by atoms with van der Waals surface area (Å²) in [6.07, 6.45) is 6.08. The van der Waals surface area contributed by atoms with Gasteiger partial charge in [0, 0.05) is 19.0 Å². The molecule has 3 heteroatoms. The molecule has 0 saturated heterocycles. The van der Waals surface area contributed by atoms with E-state index < -0.39 is 5.97 Å². The van der Waals surface area contributed by atoms with Gasteiger partial charge in [-0.2, -0.15) is 0 Å². The lowest BCUT2D eigenvalue weighted by atomic mass is 10.1. The van der Waals surface area contributed by atoms with Crippen LogP contribution in [-0.2, 0) is 4.79 Å². The van der Waals surface area contributed by atoms with Crippen molar-refractivity contribution in [3.63, 3.8) is 0 Å². The van der Waals surface area contributed by atoms with Crippen LogP contribution in [-0.4, -0.2) is 35.1 Å². The van der Waals surface area contributed by atoms with Crippen molar-refractivity contribution in [3.05, 3.63) is 0 Å². The van der Waals surface area contributed by atoms with Crippen LogP contribution in [0.4, 0.5) is 0 Å². The quantitative estimate of drug-likeness (QED) is 0.616. The summed E-state index contributed by atoms with van der Waals surface area (Å²) in [6, 6.07) is 0.835. The fourth-order valence-electron chi connectivity index (χ4n) is 2.10. The van der Waals surface area contributed by atoms with Gasteiger partial charge in [0.05, 0.1) is 0 Å². The highest BCUT2D eigenvalue weighted by Crippen LogP contribution is 2.27. The average Bonchev–Trinajstić information content (AvgIpc) is 2.97. The predicted octanol–water partition coefficient (Wildman–Crippen LogP) is 2.75. The van der Waals surface area contributed by atoms with E-state index in [1.54, 1.807) is 0 Å². The lowest BCUT2D eigenvalue weighted by Gasteiger charge is -2.23. The third kappa shape index (κ3) is 6.11. The van der Waals surface area contributed by atoms with Gasteiger partial charge in [-0.1, -0.05) is 20.3 Å². The first-order valence-electron chi connectivity index (χ1n) is 6.55. The molecule has 0 aromatic rings. The maximum atomic E-state index is 10.3. The molecule has 1 aliphatic rings. The van der Waals surface area contributed by atoms with Gasteiger partial charge in [-0.25, -0.2) is 0 Å². The molecular weight excluding hydrogens is 202 g/mol. The van der Waals surface area contributed by atoms with E-state index in [-0.39, 0.29) is 0 Å². The van der Waals surface area contributed by atoms with E-state index in [9.17, 15) is 4.79 Å². The van der Waals surface area contributed by atoms with Gasteiger partial charge in [0.15, 0.2) is 0 Å². The molecule has 1 N–H and O–H groups in total. The fraction of sp³-hybridized carbons (Fsp3) is 0.923. The van der Waals surface area contributed by atoms with E-state index in [1.807, 2.05) is 0 Å². The highest BCUT2D eigenvalue weighted by molar-refractivity contribution is 5.66. The molecule has 0 aliphatic heterocycles. The molecule has 1 rings (SSSR count). The Labute approximate surface area is 98.8 Å². The molecule has 0 radical (unpaired) electrons. The number of carbonyl (C=O) groups is 1. The molecule has 0 bridgehead atoms. The van der Waals surface area contributed by atoms with Crippen LogP contribution < -0.4 is 0 Å². The summed E-state index contributed by atoms with van der Waals surface area (Å²) in [7, 11) is 0. The molecule has 1 fully saturated rings. The smallest absolute Gasteiger partial charge is 0.303 e. The van der Waals surface area contributed by atoms with E-state index in [0.29, 0.717) is 6.42 Å². The minimum absolute atomic E-state index is 0.327. The van der Waals surface area contributed by atoms with E-state index in [1.165, 1.54) is 19.4 Å². The van der Waals surface area contributed by atoms with Crippen LogP contribution in [0.3, 0.4) is 0 Å². The third-order valence-corrected chi connectivity index (χ3v) is 3.00. The lowest BCUT2D eigenvalue weighted by Crippen LogP contribution is -2.30. The van der Waals surface area contributed by atoms with Crippen molar-refractivity contribution in [3.8, 4) is 0 Å². The van der Waals surface area contributed by atoms with Gasteiger partial charge >= 0.3 is 5.97 Å². The Bertz CT molecular complexity index is 212. The minimum atomic E-state index is -0.666. The third-order valence-electron chi connectivity index (χ3n) is 3.00. The molecule has 0 atom stereocenters. The zero-order chi connectivity index (χ0) is 12.0. The van der Waals surface area contributed by atoms with Crippen molar-refractivity contribution in [2.45, 2.75) is 58.4 Å². The predicted molar refractivity (Wildman–Crippen MR) is 65.5 cm³/mol. The van der Waals surface area contributed by atoms with Crippen LogP contribution in [0.2, 0.25) is 0 Å². The highest BCUT2D eigenvalue weighted by Gasteiger charge is 2.28. The molecule has 0 aromatic heterocycles. The van der Waals surface area contributed by atoms with Crippen LogP contribution in [0.15, 0.2) is 0 Å². The Morgan fingerprint density at radius 2 is 2.00 bits per heavy atom. The van der Waals surface area contributed by atoms with Crippen LogP contribution >= 0.6 is 0 Å².